The quantitative estimate of drug-likeness (QED) is 0.714. The first-order valence-electron chi connectivity index (χ1n) is 12.3. The van der Waals surface area contributed by atoms with Crippen LogP contribution in [0.2, 0.25) is 0 Å². The Morgan fingerprint density at radius 3 is 2.53 bits per heavy atom. The molecule has 5 rings (SSSR count). The molecule has 1 aromatic rings. The third-order valence-electron chi connectivity index (χ3n) is 10.5. The molecule has 0 spiro atoms. The lowest BCUT2D eigenvalue weighted by molar-refractivity contribution is -0.152. The standard InChI is InChI=1S/C25H39N3O2/c1-16-13-17-5-6-18-19-7-8-21(22(29)15-28-26-11-12-27-28)24(19,2)10-9-20(18)25(17,3)14-23(16)30-4/h11-12,16-21,23H,5-10,13-15H2,1-4H3/t16-,17?,18+,19+,20+,21-,23+,24+,25+/m1/s1. The summed E-state index contributed by atoms with van der Waals surface area (Å²) in [6, 6.07) is 0. The van der Waals surface area contributed by atoms with Crippen molar-refractivity contribution in [2.24, 2.45) is 46.3 Å². The van der Waals surface area contributed by atoms with E-state index in [1.165, 1.54) is 44.9 Å². The van der Waals surface area contributed by atoms with E-state index in [0.717, 1.165) is 24.2 Å². The van der Waals surface area contributed by atoms with Gasteiger partial charge in [-0.05, 0) is 91.8 Å². The lowest BCUT2D eigenvalue weighted by atomic mass is 9.44. The van der Waals surface area contributed by atoms with E-state index in [1.54, 1.807) is 17.2 Å². The Kier molecular flexibility index (Phi) is 5.11. The summed E-state index contributed by atoms with van der Waals surface area (Å²) in [6.45, 7) is 7.76. The first kappa shape index (κ1) is 20.7. The maximum absolute atomic E-state index is 13.2. The fraction of sp³-hybridized carbons (Fsp3) is 0.880. The molecule has 0 aliphatic heterocycles. The maximum atomic E-state index is 13.2. The molecule has 0 saturated heterocycles. The van der Waals surface area contributed by atoms with E-state index < -0.39 is 0 Å². The van der Waals surface area contributed by atoms with Gasteiger partial charge in [0.05, 0.1) is 18.5 Å². The molecular weight excluding hydrogens is 374 g/mol. The number of hydrogen-bond acceptors (Lipinski definition) is 4. The summed E-state index contributed by atoms with van der Waals surface area (Å²) in [4.78, 5) is 14.8. The third-order valence-corrected chi connectivity index (χ3v) is 10.5. The van der Waals surface area contributed by atoms with Gasteiger partial charge < -0.3 is 4.74 Å². The van der Waals surface area contributed by atoms with Gasteiger partial charge in [-0.15, -0.1) is 0 Å². The van der Waals surface area contributed by atoms with E-state index in [9.17, 15) is 4.79 Å². The Balaban J connectivity index is 1.36. The molecule has 0 bridgehead atoms. The highest BCUT2D eigenvalue weighted by Gasteiger charge is 2.61. The lowest BCUT2D eigenvalue weighted by Crippen LogP contribution is -2.56. The molecule has 4 aliphatic rings. The summed E-state index contributed by atoms with van der Waals surface area (Å²) in [5.41, 5.74) is 0.579. The van der Waals surface area contributed by atoms with E-state index in [1.807, 2.05) is 7.11 Å². The highest BCUT2D eigenvalue weighted by Crippen LogP contribution is 2.68. The zero-order chi connectivity index (χ0) is 21.1. The van der Waals surface area contributed by atoms with Gasteiger partial charge in [0.1, 0.15) is 6.54 Å². The molecule has 0 amide bonds. The van der Waals surface area contributed by atoms with Crippen LogP contribution in [-0.2, 0) is 16.1 Å². The molecule has 0 radical (unpaired) electrons. The van der Waals surface area contributed by atoms with E-state index in [2.05, 4.69) is 31.0 Å². The average molecular weight is 414 g/mol. The smallest absolute Gasteiger partial charge is 0.159 e. The number of hydrogen-bond donors (Lipinski definition) is 0. The third kappa shape index (κ3) is 3.02. The minimum atomic E-state index is 0.164. The molecule has 4 aliphatic carbocycles. The van der Waals surface area contributed by atoms with Crippen molar-refractivity contribution in [3.8, 4) is 0 Å². The van der Waals surface area contributed by atoms with Crippen molar-refractivity contribution in [2.45, 2.75) is 84.8 Å². The Morgan fingerprint density at radius 2 is 1.80 bits per heavy atom. The van der Waals surface area contributed by atoms with Crippen molar-refractivity contribution in [2.75, 3.05) is 7.11 Å². The molecule has 1 heterocycles. The monoisotopic (exact) mass is 413 g/mol. The van der Waals surface area contributed by atoms with Gasteiger partial charge in [-0.25, -0.2) is 0 Å². The average Bonchev–Trinajstić information content (AvgIpc) is 3.34. The number of Topliss-reactive ketones (excluding diaryl/α,β-unsaturated/α-hetero) is 1. The van der Waals surface area contributed by atoms with Gasteiger partial charge in [0.15, 0.2) is 5.78 Å². The summed E-state index contributed by atoms with van der Waals surface area (Å²) in [7, 11) is 1.91. The highest BCUT2D eigenvalue weighted by molar-refractivity contribution is 5.81. The summed E-state index contributed by atoms with van der Waals surface area (Å²) in [5.74, 6) is 4.36. The second-order valence-electron chi connectivity index (χ2n) is 11.5. The first-order valence-corrected chi connectivity index (χ1v) is 12.3. The summed E-state index contributed by atoms with van der Waals surface area (Å²) in [5, 5.41) is 8.34. The van der Waals surface area contributed by atoms with Gasteiger partial charge in [-0.1, -0.05) is 20.8 Å². The van der Waals surface area contributed by atoms with Crippen molar-refractivity contribution in [3.63, 3.8) is 0 Å². The van der Waals surface area contributed by atoms with Gasteiger partial charge in [-0.3, -0.25) is 4.79 Å². The van der Waals surface area contributed by atoms with Crippen LogP contribution in [0.15, 0.2) is 12.4 Å². The minimum absolute atomic E-state index is 0.164. The molecule has 5 heteroatoms. The second kappa shape index (κ2) is 7.43. The predicted molar refractivity (Wildman–Crippen MR) is 116 cm³/mol. The van der Waals surface area contributed by atoms with Gasteiger partial charge in [0.2, 0.25) is 0 Å². The maximum Gasteiger partial charge on any atom is 0.159 e. The van der Waals surface area contributed by atoms with Gasteiger partial charge in [0, 0.05) is 13.0 Å². The van der Waals surface area contributed by atoms with Crippen molar-refractivity contribution in [1.82, 2.24) is 15.0 Å². The molecule has 5 nitrogen and oxygen atoms in total. The van der Waals surface area contributed by atoms with E-state index in [0.29, 0.717) is 35.7 Å². The number of aromatic nitrogens is 3. The van der Waals surface area contributed by atoms with E-state index in [4.69, 9.17) is 4.74 Å². The van der Waals surface area contributed by atoms with Crippen LogP contribution in [-0.4, -0.2) is 34.0 Å². The largest absolute Gasteiger partial charge is 0.381 e. The topological polar surface area (TPSA) is 57.0 Å². The zero-order valence-corrected chi connectivity index (χ0v) is 19.2. The molecule has 1 unspecified atom stereocenters. The lowest BCUT2D eigenvalue weighted by Gasteiger charge is -2.62. The fourth-order valence-corrected chi connectivity index (χ4v) is 8.89. The molecule has 0 aromatic carbocycles. The Hall–Kier alpha value is -1.23. The summed E-state index contributed by atoms with van der Waals surface area (Å²) < 4.78 is 5.94. The van der Waals surface area contributed by atoms with Crippen LogP contribution in [0.5, 0.6) is 0 Å². The highest BCUT2D eigenvalue weighted by atomic mass is 16.5. The van der Waals surface area contributed by atoms with E-state index in [-0.39, 0.29) is 11.3 Å². The SMILES string of the molecule is CO[C@H]1C[C@@]2(C)C(CC[C@H]3[C@@H]4CC[C@H](C(=O)Cn5nccn5)[C@@]4(C)CC[C@@H]32)C[C@H]1C. The van der Waals surface area contributed by atoms with Crippen molar-refractivity contribution in [3.05, 3.63) is 12.4 Å². The fourth-order valence-electron chi connectivity index (χ4n) is 8.89. The summed E-state index contributed by atoms with van der Waals surface area (Å²) >= 11 is 0. The molecule has 4 fully saturated rings. The number of carbonyl (C=O) groups is 1. The predicted octanol–water partition coefficient (Wildman–Crippen LogP) is 4.77. The van der Waals surface area contributed by atoms with Gasteiger partial charge >= 0.3 is 0 Å². The Morgan fingerprint density at radius 1 is 1.07 bits per heavy atom. The summed E-state index contributed by atoms with van der Waals surface area (Å²) in [6.07, 6.45) is 13.8. The number of fused-ring (bicyclic) bond motifs is 5. The van der Waals surface area contributed by atoms with Crippen LogP contribution in [0.1, 0.15) is 72.1 Å². The molecule has 4 saturated carbocycles. The van der Waals surface area contributed by atoms with Gasteiger partial charge in [0.25, 0.3) is 0 Å². The molecule has 166 valence electrons. The number of carbonyl (C=O) groups excluding carboxylic acids is 1. The normalized spacial score (nSPS) is 47.9. The number of ether oxygens (including phenoxy) is 1. The minimum Gasteiger partial charge on any atom is -0.381 e. The van der Waals surface area contributed by atoms with Crippen LogP contribution in [0.25, 0.3) is 0 Å². The number of ketones is 1. The van der Waals surface area contributed by atoms with Crippen molar-refractivity contribution in [1.29, 1.82) is 0 Å². The van der Waals surface area contributed by atoms with Crippen LogP contribution < -0.4 is 0 Å². The van der Waals surface area contributed by atoms with Gasteiger partial charge in [-0.2, -0.15) is 15.0 Å². The zero-order valence-electron chi connectivity index (χ0n) is 19.2. The first-order chi connectivity index (χ1) is 14.4. The molecule has 9 atom stereocenters. The second-order valence-corrected chi connectivity index (χ2v) is 11.5. The van der Waals surface area contributed by atoms with Crippen LogP contribution in [0, 0.1) is 46.3 Å². The molecule has 1 aromatic heterocycles. The molecule has 30 heavy (non-hydrogen) atoms. The number of nitrogens with zero attached hydrogens (tertiary/aromatic N) is 3. The van der Waals surface area contributed by atoms with Crippen molar-refractivity contribution < 1.29 is 9.53 Å². The molecule has 0 N–H and O–H groups in total. The van der Waals surface area contributed by atoms with Crippen LogP contribution in [0.4, 0.5) is 0 Å². The Labute approximate surface area is 181 Å². The van der Waals surface area contributed by atoms with E-state index >= 15 is 0 Å². The number of methoxy groups -OCH3 is 1. The Bertz CT molecular complexity index is 779. The van der Waals surface area contributed by atoms with Crippen LogP contribution >= 0.6 is 0 Å². The number of rotatable bonds is 4. The van der Waals surface area contributed by atoms with Crippen LogP contribution in [0.3, 0.4) is 0 Å². The molecular formula is C25H39N3O2. The van der Waals surface area contributed by atoms with Crippen molar-refractivity contribution >= 4 is 5.78 Å².